The molecule has 0 spiro atoms. The molecule has 7 aromatic carbocycles. The number of H-pyrrole nitrogens is 1. The van der Waals surface area contributed by atoms with Gasteiger partial charge in [-0.25, -0.2) is 0 Å². The van der Waals surface area contributed by atoms with E-state index in [0.29, 0.717) is 0 Å². The topological polar surface area (TPSA) is 32.2 Å². The van der Waals surface area contributed by atoms with Crippen LogP contribution < -0.4 is 15.8 Å². The van der Waals surface area contributed by atoms with E-state index in [-0.39, 0.29) is 10.8 Å². The van der Waals surface area contributed by atoms with Crippen molar-refractivity contribution in [2.45, 2.75) is 72.1 Å². The standard InChI is InChI=1S/C55H46BN2OS/c1-30-14-12-15-31(2)49(30)33-25-39(35-18-13-19-37-50-36-17-8-10-20-46(36)59-53(50)57-52(35)37)51-45(26-33)58(43-28-41-40(24-32(43)3)54(4,5)22-23-55(41,6)7)44-27-38-34-16-9-11-21-47(34)60-48(38)29-42(44)56-51/h8-21,24-29,57H,22-23H2,1-7H3. The van der Waals surface area contributed by atoms with Crippen LogP contribution in [0.2, 0.25) is 0 Å². The molecule has 291 valence electrons. The highest BCUT2D eigenvalue weighted by molar-refractivity contribution is 7.26. The van der Waals surface area contributed by atoms with Crippen molar-refractivity contribution in [3.63, 3.8) is 0 Å². The second kappa shape index (κ2) is 12.5. The summed E-state index contributed by atoms with van der Waals surface area (Å²) in [4.78, 5) is 6.42. The fourth-order valence-corrected chi connectivity index (χ4v) is 12.0. The van der Waals surface area contributed by atoms with Crippen molar-refractivity contribution in [3.05, 3.63) is 149 Å². The van der Waals surface area contributed by atoms with E-state index >= 15 is 0 Å². The Balaban J connectivity index is 1.20. The zero-order valence-electron chi connectivity index (χ0n) is 35.3. The summed E-state index contributed by atoms with van der Waals surface area (Å²) in [5, 5.41) is 6.08. The maximum Gasteiger partial charge on any atom is 0.206 e. The quantitative estimate of drug-likeness (QED) is 0.181. The molecule has 3 aromatic heterocycles. The van der Waals surface area contributed by atoms with Crippen LogP contribution >= 0.6 is 11.3 Å². The third-order valence-electron chi connectivity index (χ3n) is 14.1. The van der Waals surface area contributed by atoms with Gasteiger partial charge < -0.3 is 14.3 Å². The third-order valence-corrected chi connectivity index (χ3v) is 15.2. The molecule has 1 N–H and O–H groups in total. The van der Waals surface area contributed by atoms with Gasteiger partial charge in [0.05, 0.1) is 10.9 Å². The molecule has 2 aliphatic rings. The molecule has 12 rings (SSSR count). The van der Waals surface area contributed by atoms with Crippen molar-refractivity contribution in [1.82, 2.24) is 4.98 Å². The molecule has 3 nitrogen and oxygen atoms in total. The van der Waals surface area contributed by atoms with Crippen LogP contribution in [0.15, 0.2) is 126 Å². The molecule has 1 aliphatic carbocycles. The van der Waals surface area contributed by atoms with Gasteiger partial charge in [0.25, 0.3) is 0 Å². The fourth-order valence-electron chi connectivity index (χ4n) is 10.8. The monoisotopic (exact) mass is 793 g/mol. The Hall–Kier alpha value is -6.04. The van der Waals surface area contributed by atoms with E-state index < -0.39 is 0 Å². The number of nitrogens with zero attached hydrogens (tertiary/aromatic N) is 1. The number of para-hydroxylation sites is 2. The number of aromatic amines is 1. The number of hydrogen-bond donors (Lipinski definition) is 1. The van der Waals surface area contributed by atoms with Crippen LogP contribution in [0, 0.1) is 20.8 Å². The smallest absolute Gasteiger partial charge is 0.206 e. The van der Waals surface area contributed by atoms with Gasteiger partial charge in [0, 0.05) is 53.6 Å². The highest BCUT2D eigenvalue weighted by Crippen LogP contribution is 2.51. The Morgan fingerprint density at radius 1 is 0.600 bits per heavy atom. The Kier molecular flexibility index (Phi) is 7.47. The first-order valence-corrected chi connectivity index (χ1v) is 22.2. The Bertz CT molecular complexity index is 3450. The number of rotatable bonds is 3. The van der Waals surface area contributed by atoms with E-state index in [0.717, 1.165) is 34.0 Å². The molecule has 0 unspecified atom stereocenters. The van der Waals surface area contributed by atoms with Crippen LogP contribution in [0.5, 0.6) is 0 Å². The molecule has 0 amide bonds. The van der Waals surface area contributed by atoms with Gasteiger partial charge >= 0.3 is 0 Å². The van der Waals surface area contributed by atoms with E-state index in [4.69, 9.17) is 4.42 Å². The number of benzene rings is 7. The lowest BCUT2D eigenvalue weighted by Crippen LogP contribution is -2.41. The van der Waals surface area contributed by atoms with Gasteiger partial charge in [-0.05, 0) is 137 Å². The van der Waals surface area contributed by atoms with Gasteiger partial charge in [0.1, 0.15) is 5.58 Å². The van der Waals surface area contributed by atoms with Crippen LogP contribution in [0.4, 0.5) is 17.1 Å². The molecule has 0 atom stereocenters. The molecule has 4 heterocycles. The number of hydrogen-bond acceptors (Lipinski definition) is 3. The Morgan fingerprint density at radius 3 is 2.10 bits per heavy atom. The summed E-state index contributed by atoms with van der Waals surface area (Å²) in [6.45, 7) is 16.6. The van der Waals surface area contributed by atoms with Gasteiger partial charge in [0.15, 0.2) is 7.28 Å². The van der Waals surface area contributed by atoms with Crippen LogP contribution in [0.3, 0.4) is 0 Å². The molecular formula is C55H46BN2OS. The maximum absolute atomic E-state index is 6.47. The second-order valence-electron chi connectivity index (χ2n) is 18.8. The summed E-state index contributed by atoms with van der Waals surface area (Å²) in [6.07, 6.45) is 2.35. The predicted molar refractivity (Wildman–Crippen MR) is 259 cm³/mol. The molecule has 0 saturated heterocycles. The van der Waals surface area contributed by atoms with E-state index in [1.807, 2.05) is 17.4 Å². The minimum atomic E-state index is 0.0595. The van der Waals surface area contributed by atoms with E-state index in [2.05, 4.69) is 181 Å². The summed E-state index contributed by atoms with van der Waals surface area (Å²) in [7, 11) is 2.47. The van der Waals surface area contributed by atoms with Gasteiger partial charge in [-0.3, -0.25) is 0 Å². The van der Waals surface area contributed by atoms with Crippen LogP contribution in [-0.4, -0.2) is 12.3 Å². The largest absolute Gasteiger partial charge is 0.440 e. The summed E-state index contributed by atoms with van der Waals surface area (Å²) in [5.41, 5.74) is 20.8. The fraction of sp³-hybridized carbons (Fsp3) is 0.200. The van der Waals surface area contributed by atoms with Gasteiger partial charge in [-0.1, -0.05) is 112 Å². The predicted octanol–water partition coefficient (Wildman–Crippen LogP) is 14.5. The number of thiophene rings is 1. The summed E-state index contributed by atoms with van der Waals surface area (Å²) < 4.78 is 9.10. The number of aromatic nitrogens is 1. The lowest BCUT2D eigenvalue weighted by atomic mass is 9.57. The molecule has 0 bridgehead atoms. The second-order valence-corrected chi connectivity index (χ2v) is 19.9. The zero-order chi connectivity index (χ0) is 40.8. The van der Waals surface area contributed by atoms with Crippen LogP contribution in [0.1, 0.15) is 68.4 Å². The van der Waals surface area contributed by atoms with Crippen molar-refractivity contribution in [2.75, 3.05) is 4.90 Å². The van der Waals surface area contributed by atoms with E-state index in [1.54, 1.807) is 0 Å². The first-order chi connectivity index (χ1) is 28.9. The van der Waals surface area contributed by atoms with Crippen molar-refractivity contribution in [2.24, 2.45) is 0 Å². The van der Waals surface area contributed by atoms with Crippen LogP contribution in [0.25, 0.3) is 75.4 Å². The average Bonchev–Trinajstić information content (AvgIpc) is 3.90. The van der Waals surface area contributed by atoms with Gasteiger partial charge in [0.2, 0.25) is 5.71 Å². The van der Waals surface area contributed by atoms with Crippen LogP contribution in [-0.2, 0) is 10.8 Å². The number of fused-ring (bicyclic) bond motifs is 11. The lowest BCUT2D eigenvalue weighted by molar-refractivity contribution is 0.332. The number of furan rings is 1. The number of aryl methyl sites for hydroxylation is 3. The maximum atomic E-state index is 6.47. The molecular weight excluding hydrogens is 747 g/mol. The van der Waals surface area contributed by atoms with Gasteiger partial charge in [-0.2, -0.15) is 0 Å². The minimum absolute atomic E-state index is 0.0595. The third kappa shape index (κ3) is 5.08. The summed E-state index contributed by atoms with van der Waals surface area (Å²) in [6, 6.07) is 45.6. The van der Waals surface area contributed by atoms with E-state index in [9.17, 15) is 0 Å². The van der Waals surface area contributed by atoms with Crippen molar-refractivity contribution >= 4 is 99.7 Å². The first-order valence-electron chi connectivity index (χ1n) is 21.4. The molecule has 0 saturated carbocycles. The number of anilines is 3. The van der Waals surface area contributed by atoms with Crippen molar-refractivity contribution < 1.29 is 4.42 Å². The normalized spacial score (nSPS) is 15.5. The Labute approximate surface area is 355 Å². The minimum Gasteiger partial charge on any atom is -0.440 e. The van der Waals surface area contributed by atoms with Gasteiger partial charge in [-0.15, -0.1) is 11.3 Å². The van der Waals surface area contributed by atoms with E-state index in [1.165, 1.54) is 110 Å². The SMILES string of the molecule is Cc1cc2c(cc1N1c3cc4c(cc3[B]c3c(-c5cccc6c5[nH]c5oc7ccccc7c56)cc(-c5c(C)cccc5C)cc31)sc1ccccc14)C(C)(C)CCC2(C)C. The number of nitrogens with one attached hydrogen (secondary N) is 1. The summed E-state index contributed by atoms with van der Waals surface area (Å²) in [5.74, 6) is 0. The molecule has 1 aliphatic heterocycles. The average molecular weight is 794 g/mol. The zero-order valence-corrected chi connectivity index (χ0v) is 36.1. The lowest BCUT2D eigenvalue weighted by Gasteiger charge is -2.44. The molecule has 5 heteroatoms. The molecule has 1 radical (unpaired) electrons. The van der Waals surface area contributed by atoms with Crippen molar-refractivity contribution in [3.8, 4) is 22.3 Å². The highest BCUT2D eigenvalue weighted by Gasteiger charge is 2.39. The highest BCUT2D eigenvalue weighted by atomic mass is 32.1. The molecule has 10 aromatic rings. The first kappa shape index (κ1) is 35.9. The summed E-state index contributed by atoms with van der Waals surface area (Å²) >= 11 is 1.89. The Morgan fingerprint density at radius 2 is 1.30 bits per heavy atom. The van der Waals surface area contributed by atoms with Crippen molar-refractivity contribution in [1.29, 1.82) is 0 Å². The molecule has 60 heavy (non-hydrogen) atoms. The molecule has 0 fully saturated rings.